The first-order chi connectivity index (χ1) is 16.9. The fraction of sp³-hybridized carbons (Fsp3) is 0.552. The summed E-state index contributed by atoms with van der Waals surface area (Å²) in [6, 6.07) is 18.1. The molecular weight excluding hydrogens is 438 g/mol. The van der Waals surface area contributed by atoms with Gasteiger partial charge in [-0.15, -0.1) is 0 Å². The second-order valence-electron chi connectivity index (χ2n) is 10.3. The minimum Gasteiger partial charge on any atom is -0.480 e. The second kappa shape index (κ2) is 11.7. The summed E-state index contributed by atoms with van der Waals surface area (Å²) in [5, 5.41) is 14.4. The lowest BCUT2D eigenvalue weighted by molar-refractivity contribution is -0.149. The third kappa shape index (κ3) is 5.61. The van der Waals surface area contributed by atoms with Crippen LogP contribution in [0.2, 0.25) is 0 Å². The van der Waals surface area contributed by atoms with Crippen LogP contribution < -0.4 is 11.1 Å². The van der Waals surface area contributed by atoms with Crippen LogP contribution in [0.3, 0.4) is 0 Å². The molecular formula is C29H41N3O3. The summed E-state index contributed by atoms with van der Waals surface area (Å²) >= 11 is 0. The zero-order valence-electron chi connectivity index (χ0n) is 21.3. The Hall–Kier alpha value is -2.25. The van der Waals surface area contributed by atoms with Gasteiger partial charge in [0, 0.05) is 31.5 Å². The number of benzene rings is 2. The van der Waals surface area contributed by atoms with E-state index in [2.05, 4.69) is 60.5 Å². The van der Waals surface area contributed by atoms with Gasteiger partial charge < -0.3 is 15.6 Å². The number of methoxy groups -OCH3 is 1. The first-order valence-corrected chi connectivity index (χ1v) is 13.1. The number of hydrogen-bond donors (Lipinski definition) is 3. The molecule has 0 amide bonds. The Morgan fingerprint density at radius 2 is 1.69 bits per heavy atom. The van der Waals surface area contributed by atoms with Gasteiger partial charge >= 0.3 is 5.97 Å². The molecule has 190 valence electrons. The molecule has 1 fully saturated rings. The van der Waals surface area contributed by atoms with E-state index in [1.165, 1.54) is 24.8 Å². The molecule has 0 radical (unpaired) electrons. The average Bonchev–Trinajstić information content (AvgIpc) is 2.87. The Kier molecular flexibility index (Phi) is 8.60. The highest BCUT2D eigenvalue weighted by molar-refractivity contribution is 5.77. The van der Waals surface area contributed by atoms with Gasteiger partial charge in [0.1, 0.15) is 12.3 Å². The fourth-order valence-electron chi connectivity index (χ4n) is 6.47. The predicted octanol–water partition coefficient (Wildman–Crippen LogP) is 4.85. The van der Waals surface area contributed by atoms with Gasteiger partial charge in [-0.3, -0.25) is 15.0 Å². The zero-order valence-corrected chi connectivity index (χ0v) is 21.3. The fourth-order valence-corrected chi connectivity index (χ4v) is 6.47. The molecule has 1 aliphatic heterocycles. The number of nitrogens with one attached hydrogen (secondary N) is 1. The molecule has 1 heterocycles. The van der Waals surface area contributed by atoms with Gasteiger partial charge in [0.15, 0.2) is 0 Å². The number of fused-ring (bicyclic) bond motifs is 1. The van der Waals surface area contributed by atoms with Crippen LogP contribution in [-0.2, 0) is 9.53 Å². The smallest absolute Gasteiger partial charge is 0.321 e. The number of aliphatic carboxylic acids is 1. The normalized spacial score (nSPS) is 26.0. The van der Waals surface area contributed by atoms with Gasteiger partial charge in [0.05, 0.1) is 6.17 Å². The van der Waals surface area contributed by atoms with Crippen molar-refractivity contribution in [1.82, 2.24) is 10.2 Å². The summed E-state index contributed by atoms with van der Waals surface area (Å²) in [7, 11) is 1.62. The van der Waals surface area contributed by atoms with E-state index in [-0.39, 0.29) is 30.4 Å². The molecule has 0 aromatic heterocycles. The van der Waals surface area contributed by atoms with E-state index >= 15 is 0 Å². The molecule has 0 saturated heterocycles. The SMILES string of the molecule is COC(N)CC(C)NC(C)N1C(C(=O)O)C(c2ccccc2)c2ccccc2C1C1CCCCC1. The largest absolute Gasteiger partial charge is 0.480 e. The molecule has 4 rings (SSSR count). The minimum atomic E-state index is -0.774. The monoisotopic (exact) mass is 479 g/mol. The molecule has 6 nitrogen and oxygen atoms in total. The van der Waals surface area contributed by atoms with Crippen LogP contribution in [-0.4, -0.2) is 47.6 Å². The Morgan fingerprint density at radius 3 is 2.31 bits per heavy atom. The van der Waals surface area contributed by atoms with Gasteiger partial charge in [0.2, 0.25) is 0 Å². The molecule has 6 heteroatoms. The van der Waals surface area contributed by atoms with Crippen LogP contribution in [0, 0.1) is 5.92 Å². The summed E-state index contributed by atoms with van der Waals surface area (Å²) in [4.78, 5) is 15.4. The Balaban J connectivity index is 1.81. The van der Waals surface area contributed by atoms with Crippen molar-refractivity contribution in [3.05, 3.63) is 71.3 Å². The number of rotatable bonds is 9. The van der Waals surface area contributed by atoms with E-state index in [1.807, 2.05) is 18.2 Å². The summed E-state index contributed by atoms with van der Waals surface area (Å²) in [5.74, 6) is -0.584. The highest BCUT2D eigenvalue weighted by Gasteiger charge is 2.49. The van der Waals surface area contributed by atoms with Crippen LogP contribution in [0.15, 0.2) is 54.6 Å². The van der Waals surface area contributed by atoms with E-state index in [0.29, 0.717) is 12.3 Å². The second-order valence-corrected chi connectivity index (χ2v) is 10.3. The predicted molar refractivity (Wildman–Crippen MR) is 139 cm³/mol. The first-order valence-electron chi connectivity index (χ1n) is 13.1. The van der Waals surface area contributed by atoms with E-state index in [1.54, 1.807) is 7.11 Å². The molecule has 4 N–H and O–H groups in total. The van der Waals surface area contributed by atoms with E-state index in [4.69, 9.17) is 10.5 Å². The van der Waals surface area contributed by atoms with Crippen molar-refractivity contribution in [3.63, 3.8) is 0 Å². The zero-order chi connectivity index (χ0) is 24.9. The van der Waals surface area contributed by atoms with Crippen molar-refractivity contribution in [1.29, 1.82) is 0 Å². The lowest BCUT2D eigenvalue weighted by atomic mass is 9.70. The Bertz CT molecular complexity index is 963. The van der Waals surface area contributed by atoms with Crippen LogP contribution in [0.1, 0.15) is 81.0 Å². The van der Waals surface area contributed by atoms with Gasteiger partial charge in [0.25, 0.3) is 0 Å². The molecule has 35 heavy (non-hydrogen) atoms. The first kappa shape index (κ1) is 25.8. The van der Waals surface area contributed by atoms with Crippen molar-refractivity contribution < 1.29 is 14.6 Å². The molecule has 1 aliphatic carbocycles. The number of carboxylic acids is 1. The maximum atomic E-state index is 13.1. The minimum absolute atomic E-state index is 0.0540. The van der Waals surface area contributed by atoms with E-state index in [0.717, 1.165) is 24.0 Å². The number of carbonyl (C=O) groups is 1. The summed E-state index contributed by atoms with van der Waals surface area (Å²) in [6.07, 6.45) is 6.09. The number of carboxylic acid groups (broad SMARTS) is 1. The Morgan fingerprint density at radius 1 is 1.06 bits per heavy atom. The average molecular weight is 480 g/mol. The molecule has 2 aliphatic rings. The molecule has 0 bridgehead atoms. The lowest BCUT2D eigenvalue weighted by Crippen LogP contribution is -2.60. The van der Waals surface area contributed by atoms with Crippen molar-refractivity contribution in [3.8, 4) is 0 Å². The van der Waals surface area contributed by atoms with Crippen molar-refractivity contribution in [2.45, 2.75) is 88.8 Å². The van der Waals surface area contributed by atoms with E-state index < -0.39 is 12.0 Å². The maximum Gasteiger partial charge on any atom is 0.321 e. The number of nitrogens with two attached hydrogens (primary N) is 1. The van der Waals surface area contributed by atoms with Crippen LogP contribution in [0.5, 0.6) is 0 Å². The molecule has 6 unspecified atom stereocenters. The van der Waals surface area contributed by atoms with E-state index in [9.17, 15) is 9.90 Å². The summed E-state index contributed by atoms with van der Waals surface area (Å²) in [5.41, 5.74) is 9.51. The van der Waals surface area contributed by atoms with Crippen LogP contribution in [0.25, 0.3) is 0 Å². The maximum absolute atomic E-state index is 13.1. The number of nitrogens with zero attached hydrogens (tertiary/aromatic N) is 1. The van der Waals surface area contributed by atoms with Gasteiger partial charge in [-0.2, -0.15) is 0 Å². The molecule has 0 spiro atoms. The van der Waals surface area contributed by atoms with Gasteiger partial charge in [-0.1, -0.05) is 73.9 Å². The molecule has 2 aromatic rings. The van der Waals surface area contributed by atoms with Crippen molar-refractivity contribution >= 4 is 5.97 Å². The van der Waals surface area contributed by atoms with Crippen LogP contribution >= 0.6 is 0 Å². The van der Waals surface area contributed by atoms with Gasteiger partial charge in [-0.25, -0.2) is 0 Å². The molecule has 2 aromatic carbocycles. The van der Waals surface area contributed by atoms with Crippen LogP contribution in [0.4, 0.5) is 0 Å². The van der Waals surface area contributed by atoms with Crippen molar-refractivity contribution in [2.75, 3.05) is 7.11 Å². The highest BCUT2D eigenvalue weighted by atomic mass is 16.5. The lowest BCUT2D eigenvalue weighted by Gasteiger charge is -2.52. The standard InChI is InChI=1S/C29H41N3O3/c1-19(18-25(30)35-3)31-20(2)32-27(22-14-8-5-9-15-22)24-17-11-10-16-23(24)26(28(32)29(33)34)21-12-6-4-7-13-21/h4,6-7,10-13,16-17,19-20,22,25-28,31H,5,8-9,14-15,18,30H2,1-3H3,(H,33,34). The topological polar surface area (TPSA) is 87.8 Å². The Labute approximate surface area is 209 Å². The van der Waals surface area contributed by atoms with Crippen molar-refractivity contribution in [2.24, 2.45) is 11.7 Å². The number of hydrogen-bond acceptors (Lipinski definition) is 5. The third-order valence-electron chi connectivity index (χ3n) is 7.98. The quantitative estimate of drug-likeness (QED) is 0.446. The van der Waals surface area contributed by atoms with Gasteiger partial charge in [-0.05, 0) is 49.3 Å². The summed E-state index contributed by atoms with van der Waals surface area (Å²) in [6.45, 7) is 4.20. The highest BCUT2D eigenvalue weighted by Crippen LogP contribution is 2.50. The summed E-state index contributed by atoms with van der Waals surface area (Å²) < 4.78 is 5.27. The number of ether oxygens (including phenoxy) is 1. The molecule has 6 atom stereocenters. The third-order valence-corrected chi connectivity index (χ3v) is 7.98. The molecule has 1 saturated carbocycles.